The van der Waals surface area contributed by atoms with E-state index in [9.17, 15) is 0 Å². The van der Waals surface area contributed by atoms with Crippen molar-refractivity contribution in [2.24, 2.45) is 0 Å². The van der Waals surface area contributed by atoms with Gasteiger partial charge in [0.15, 0.2) is 0 Å². The summed E-state index contributed by atoms with van der Waals surface area (Å²) in [5.74, 6) is 0. The minimum Gasteiger partial charge on any atom is -0.395 e. The molecule has 14 heavy (non-hydrogen) atoms. The van der Waals surface area contributed by atoms with Gasteiger partial charge in [0.05, 0.1) is 13.2 Å². The van der Waals surface area contributed by atoms with Crippen LogP contribution in [-0.4, -0.2) is 42.0 Å². The Bertz CT molecular complexity index is 193. The van der Waals surface area contributed by atoms with Gasteiger partial charge in [0, 0.05) is 25.9 Å². The van der Waals surface area contributed by atoms with Gasteiger partial charge >= 0.3 is 0 Å². The second-order valence-electron chi connectivity index (χ2n) is 3.49. The van der Waals surface area contributed by atoms with Crippen LogP contribution in [0.25, 0.3) is 0 Å². The lowest BCUT2D eigenvalue weighted by Crippen LogP contribution is -2.45. The van der Waals surface area contributed by atoms with Crippen LogP contribution in [0, 0.1) is 0 Å². The number of hydrogen-bond donors (Lipinski definition) is 1. The van der Waals surface area contributed by atoms with Crippen molar-refractivity contribution in [2.45, 2.75) is 18.6 Å². The molecule has 0 aromatic carbocycles. The average Bonchev–Trinajstić information content (AvgIpc) is 2.51. The Morgan fingerprint density at radius 2 is 2.00 bits per heavy atom. The summed E-state index contributed by atoms with van der Waals surface area (Å²) in [6.07, 6.45) is 5.27. The van der Waals surface area contributed by atoms with E-state index in [1.54, 1.807) is 0 Å². The van der Waals surface area contributed by atoms with Gasteiger partial charge in [0.25, 0.3) is 0 Å². The van der Waals surface area contributed by atoms with E-state index < -0.39 is 0 Å². The van der Waals surface area contributed by atoms with Crippen LogP contribution < -0.4 is 0 Å². The van der Waals surface area contributed by atoms with Gasteiger partial charge in [-0.05, 0) is 0 Å². The Labute approximate surface area is 85.7 Å². The van der Waals surface area contributed by atoms with Gasteiger partial charge in [-0.25, -0.2) is 0 Å². The Morgan fingerprint density at radius 1 is 1.36 bits per heavy atom. The second kappa shape index (κ2) is 5.29. The molecular weight excluding hydrogens is 178 g/mol. The highest BCUT2D eigenvalue weighted by molar-refractivity contribution is 4.96. The maximum Gasteiger partial charge on any atom is 0.128 e. The molecular formula is C11H19NO2. The zero-order valence-electron chi connectivity index (χ0n) is 8.61. The molecule has 1 aliphatic rings. The predicted molar refractivity (Wildman–Crippen MR) is 57.0 cm³/mol. The molecule has 0 aromatic rings. The van der Waals surface area contributed by atoms with Crippen LogP contribution in [0.15, 0.2) is 25.3 Å². The molecule has 0 bridgehead atoms. The van der Waals surface area contributed by atoms with E-state index in [0.717, 1.165) is 26.0 Å². The van der Waals surface area contributed by atoms with Crippen LogP contribution in [0.2, 0.25) is 0 Å². The fraction of sp³-hybridized carbons (Fsp3) is 0.636. The first-order chi connectivity index (χ1) is 6.79. The molecule has 0 amide bonds. The van der Waals surface area contributed by atoms with Crippen LogP contribution in [-0.2, 0) is 4.74 Å². The molecule has 1 aliphatic heterocycles. The molecule has 0 spiro atoms. The van der Waals surface area contributed by atoms with E-state index >= 15 is 0 Å². The maximum atomic E-state index is 8.95. The summed E-state index contributed by atoms with van der Waals surface area (Å²) >= 11 is 0. The molecule has 0 aliphatic carbocycles. The van der Waals surface area contributed by atoms with Gasteiger partial charge in [-0.1, -0.05) is 12.2 Å². The van der Waals surface area contributed by atoms with Gasteiger partial charge in [0.1, 0.15) is 5.72 Å². The van der Waals surface area contributed by atoms with Crippen LogP contribution in [0.5, 0.6) is 0 Å². The lowest BCUT2D eigenvalue weighted by molar-refractivity contribution is -0.0805. The summed E-state index contributed by atoms with van der Waals surface area (Å²) in [6.45, 7) is 9.91. The van der Waals surface area contributed by atoms with Crippen LogP contribution in [0.4, 0.5) is 0 Å². The number of aliphatic hydroxyl groups excluding tert-OH is 1. The lowest BCUT2D eigenvalue weighted by Gasteiger charge is -2.35. The summed E-state index contributed by atoms with van der Waals surface area (Å²) in [5, 5.41) is 8.95. The van der Waals surface area contributed by atoms with Crippen molar-refractivity contribution in [1.29, 1.82) is 0 Å². The molecule has 1 N–H and O–H groups in total. The molecule has 1 saturated heterocycles. The Balaban J connectivity index is 2.71. The third-order valence-corrected chi connectivity index (χ3v) is 2.60. The van der Waals surface area contributed by atoms with Crippen molar-refractivity contribution in [1.82, 2.24) is 4.90 Å². The smallest absolute Gasteiger partial charge is 0.128 e. The van der Waals surface area contributed by atoms with Gasteiger partial charge in [-0.15, -0.1) is 13.2 Å². The van der Waals surface area contributed by atoms with E-state index in [4.69, 9.17) is 9.84 Å². The molecule has 0 radical (unpaired) electrons. The van der Waals surface area contributed by atoms with E-state index in [0.29, 0.717) is 6.54 Å². The fourth-order valence-electron chi connectivity index (χ4n) is 1.99. The minimum atomic E-state index is -0.299. The quantitative estimate of drug-likeness (QED) is 0.649. The van der Waals surface area contributed by atoms with Crippen LogP contribution in [0.1, 0.15) is 12.8 Å². The van der Waals surface area contributed by atoms with E-state index in [1.165, 1.54) is 0 Å². The SMILES string of the molecule is C=CCC1(CC=C)OCCN1CCO. The third kappa shape index (κ3) is 2.23. The molecule has 1 rings (SSSR count). The van der Waals surface area contributed by atoms with Crippen molar-refractivity contribution >= 4 is 0 Å². The van der Waals surface area contributed by atoms with Crippen molar-refractivity contribution in [3.63, 3.8) is 0 Å². The van der Waals surface area contributed by atoms with Gasteiger partial charge in [-0.3, -0.25) is 4.90 Å². The summed E-state index contributed by atoms with van der Waals surface area (Å²) in [7, 11) is 0. The number of β-amino-alcohol motifs (C(OH)–C–C–N with tert-alkyl or cyclic N) is 1. The Morgan fingerprint density at radius 3 is 2.50 bits per heavy atom. The number of ether oxygens (including phenoxy) is 1. The van der Waals surface area contributed by atoms with Gasteiger partial charge < -0.3 is 9.84 Å². The molecule has 80 valence electrons. The first-order valence-corrected chi connectivity index (χ1v) is 5.01. The largest absolute Gasteiger partial charge is 0.395 e. The summed E-state index contributed by atoms with van der Waals surface area (Å²) < 4.78 is 5.76. The van der Waals surface area contributed by atoms with Crippen molar-refractivity contribution < 1.29 is 9.84 Å². The molecule has 1 heterocycles. The number of rotatable bonds is 6. The number of aliphatic hydroxyl groups is 1. The maximum absolute atomic E-state index is 8.95. The fourth-order valence-corrected chi connectivity index (χ4v) is 1.99. The Hall–Kier alpha value is -0.640. The summed E-state index contributed by atoms with van der Waals surface area (Å²) in [6, 6.07) is 0. The molecule has 3 heteroatoms. The minimum absolute atomic E-state index is 0.166. The number of nitrogens with zero attached hydrogens (tertiary/aromatic N) is 1. The van der Waals surface area contributed by atoms with Crippen molar-refractivity contribution in [3.05, 3.63) is 25.3 Å². The summed E-state index contributed by atoms with van der Waals surface area (Å²) in [4.78, 5) is 2.16. The molecule has 0 aromatic heterocycles. The third-order valence-electron chi connectivity index (χ3n) is 2.60. The van der Waals surface area contributed by atoms with Crippen molar-refractivity contribution in [2.75, 3.05) is 26.3 Å². The highest BCUT2D eigenvalue weighted by atomic mass is 16.5. The standard InChI is InChI=1S/C11H19NO2/c1-3-5-11(6-4-2)12(7-9-13)8-10-14-11/h3-4,13H,1-2,5-10H2. The zero-order chi connectivity index (χ0) is 10.4. The van der Waals surface area contributed by atoms with Gasteiger partial charge in [-0.2, -0.15) is 0 Å². The van der Waals surface area contributed by atoms with Gasteiger partial charge in [0.2, 0.25) is 0 Å². The van der Waals surface area contributed by atoms with Crippen molar-refractivity contribution in [3.8, 4) is 0 Å². The average molecular weight is 197 g/mol. The van der Waals surface area contributed by atoms with Crippen LogP contribution >= 0.6 is 0 Å². The Kier molecular flexibility index (Phi) is 4.32. The highest BCUT2D eigenvalue weighted by Crippen LogP contribution is 2.30. The molecule has 0 unspecified atom stereocenters. The molecule has 1 fully saturated rings. The highest BCUT2D eigenvalue weighted by Gasteiger charge is 2.39. The number of hydrogen-bond acceptors (Lipinski definition) is 3. The zero-order valence-corrected chi connectivity index (χ0v) is 8.61. The van der Waals surface area contributed by atoms with E-state index in [2.05, 4.69) is 18.1 Å². The summed E-state index contributed by atoms with van der Waals surface area (Å²) in [5.41, 5.74) is -0.299. The first-order valence-electron chi connectivity index (χ1n) is 5.01. The normalized spacial score (nSPS) is 20.9. The topological polar surface area (TPSA) is 32.7 Å². The van der Waals surface area contributed by atoms with E-state index in [1.807, 2.05) is 12.2 Å². The van der Waals surface area contributed by atoms with E-state index in [-0.39, 0.29) is 12.3 Å². The monoisotopic (exact) mass is 197 g/mol. The molecule has 0 saturated carbocycles. The first kappa shape index (κ1) is 11.4. The van der Waals surface area contributed by atoms with Crippen LogP contribution in [0.3, 0.4) is 0 Å². The second-order valence-corrected chi connectivity index (χ2v) is 3.49. The lowest BCUT2D eigenvalue weighted by atomic mass is 10.0. The molecule has 0 atom stereocenters. The predicted octanol–water partition coefficient (Wildman–Crippen LogP) is 1.16. The molecule has 3 nitrogen and oxygen atoms in total.